The van der Waals surface area contributed by atoms with E-state index < -0.39 is 23.4 Å². The molecule has 0 saturated carbocycles. The lowest BCUT2D eigenvalue weighted by Gasteiger charge is -2.40. The normalized spacial score (nSPS) is 17.1. The second-order valence-corrected chi connectivity index (χ2v) is 10.2. The number of hydrogen-bond donors (Lipinski definition) is 2. The zero-order valence-corrected chi connectivity index (χ0v) is 22.2. The van der Waals surface area contributed by atoms with Gasteiger partial charge in [0, 0.05) is 18.0 Å². The van der Waals surface area contributed by atoms with Crippen LogP contribution in [0.3, 0.4) is 0 Å². The molecule has 206 valence electrons. The molecule has 2 aromatic carbocycles. The first-order valence-corrected chi connectivity index (χ1v) is 12.8. The zero-order valence-electron chi connectivity index (χ0n) is 21.4. The molecular weight excluding hydrogens is 545 g/mol. The molecule has 40 heavy (non-hydrogen) atoms. The fourth-order valence-corrected chi connectivity index (χ4v) is 5.13. The Morgan fingerprint density at radius 3 is 2.62 bits per heavy atom. The molecule has 0 radical (unpaired) electrons. The molecule has 2 aliphatic rings. The van der Waals surface area contributed by atoms with Crippen molar-refractivity contribution in [3.05, 3.63) is 69.9 Å². The van der Waals surface area contributed by atoms with Crippen LogP contribution in [0.2, 0.25) is 5.02 Å². The maximum absolute atomic E-state index is 15.0. The molecule has 1 aliphatic heterocycles. The monoisotopic (exact) mass is 567 g/mol. The van der Waals surface area contributed by atoms with Crippen molar-refractivity contribution in [1.29, 1.82) is 0 Å². The molecule has 1 fully saturated rings. The maximum atomic E-state index is 15.0. The van der Waals surface area contributed by atoms with E-state index >= 15 is 4.39 Å². The molecule has 2 amide bonds. The molecule has 0 unspecified atom stereocenters. The number of aryl methyl sites for hydroxylation is 3. The molecule has 4 aromatic rings. The summed E-state index contributed by atoms with van der Waals surface area (Å²) < 4.78 is 35.3. The highest BCUT2D eigenvalue weighted by atomic mass is 35.5. The molecule has 2 aromatic heterocycles. The molecule has 1 saturated heterocycles. The van der Waals surface area contributed by atoms with Crippen LogP contribution in [0.4, 0.5) is 9.18 Å². The first-order valence-electron chi connectivity index (χ1n) is 12.5. The Balaban J connectivity index is 1.21. The second-order valence-electron chi connectivity index (χ2n) is 9.80. The van der Waals surface area contributed by atoms with Gasteiger partial charge in [-0.1, -0.05) is 40.1 Å². The first kappa shape index (κ1) is 26.0. The summed E-state index contributed by atoms with van der Waals surface area (Å²) in [6.07, 6.45) is 0.467. The summed E-state index contributed by atoms with van der Waals surface area (Å²) in [5, 5.41) is 13.4. The molecule has 3 heterocycles. The summed E-state index contributed by atoms with van der Waals surface area (Å²) >= 11 is 6.20. The van der Waals surface area contributed by atoms with Gasteiger partial charge >= 0.3 is 12.0 Å². The lowest BCUT2D eigenvalue weighted by atomic mass is 9.94. The lowest BCUT2D eigenvalue weighted by Crippen LogP contribution is -2.70. The number of amides is 2. The number of halogens is 2. The van der Waals surface area contributed by atoms with Crippen molar-refractivity contribution in [3.8, 4) is 28.5 Å². The maximum Gasteiger partial charge on any atom is 0.416 e. The fraction of sp³-hybridized carbons (Fsp3) is 0.296. The summed E-state index contributed by atoms with van der Waals surface area (Å²) in [4.78, 5) is 29.9. The molecular formula is C27H23ClFN5O6. The van der Waals surface area contributed by atoms with E-state index in [-0.39, 0.29) is 41.6 Å². The van der Waals surface area contributed by atoms with Crippen LogP contribution in [-0.2, 0) is 16.0 Å². The number of nitrogens with zero attached hydrogens (tertiary/aromatic N) is 3. The average Bonchev–Trinajstić information content (AvgIpc) is 3.61. The minimum atomic E-state index is -1.27. The molecule has 0 spiro atoms. The standard InChI is InChI=1S/C27H23ClFN5O6/c1-13-7-22(40-33-13)38-26(36)32-27(11-37-12-27)25(35)31-21-6-4-15-8-16(3-5-18(15)21)19-9-17(28)10-20(29)23(19)24-30-14(2)39-34-24/h3,5,7-10,21H,4,6,11-12H2,1-2H3,(H,31,35)(H,32,36)/t21-/m0/s1. The van der Waals surface area contributed by atoms with Crippen molar-refractivity contribution >= 4 is 23.6 Å². The third kappa shape index (κ3) is 4.80. The topological polar surface area (TPSA) is 142 Å². The van der Waals surface area contributed by atoms with Gasteiger partial charge in [0.1, 0.15) is 5.82 Å². The van der Waals surface area contributed by atoms with Crippen LogP contribution in [0.5, 0.6) is 5.95 Å². The minimum Gasteiger partial charge on any atom is -0.375 e. The molecule has 1 aliphatic carbocycles. The highest BCUT2D eigenvalue weighted by Gasteiger charge is 2.49. The number of hydrogen-bond acceptors (Lipinski definition) is 9. The van der Waals surface area contributed by atoms with Gasteiger partial charge in [0.05, 0.1) is 30.5 Å². The van der Waals surface area contributed by atoms with E-state index in [0.29, 0.717) is 30.0 Å². The van der Waals surface area contributed by atoms with Crippen molar-refractivity contribution in [2.24, 2.45) is 0 Å². The van der Waals surface area contributed by atoms with Gasteiger partial charge in [-0.25, -0.2) is 9.18 Å². The molecule has 11 nitrogen and oxygen atoms in total. The Bertz CT molecular complexity index is 1630. The van der Waals surface area contributed by atoms with E-state index in [1.165, 1.54) is 12.1 Å². The smallest absolute Gasteiger partial charge is 0.375 e. The summed E-state index contributed by atoms with van der Waals surface area (Å²) in [6, 6.07) is 9.71. The second kappa shape index (κ2) is 10.0. The van der Waals surface area contributed by atoms with Crippen molar-refractivity contribution in [3.63, 3.8) is 0 Å². The van der Waals surface area contributed by atoms with Crippen molar-refractivity contribution < 1.29 is 32.5 Å². The molecule has 1 atom stereocenters. The number of carbonyl (C=O) groups is 2. The molecule has 13 heteroatoms. The van der Waals surface area contributed by atoms with E-state index in [0.717, 1.165) is 16.7 Å². The van der Waals surface area contributed by atoms with Gasteiger partial charge in [-0.2, -0.15) is 4.98 Å². The molecule has 6 rings (SSSR count). The van der Waals surface area contributed by atoms with Crippen LogP contribution in [-0.4, -0.2) is 46.1 Å². The van der Waals surface area contributed by atoms with Crippen LogP contribution in [0.1, 0.15) is 35.2 Å². The van der Waals surface area contributed by atoms with Gasteiger partial charge in [0.15, 0.2) is 5.54 Å². The highest BCUT2D eigenvalue weighted by molar-refractivity contribution is 6.31. The Kier molecular flexibility index (Phi) is 6.51. The fourth-order valence-electron chi connectivity index (χ4n) is 4.93. The minimum absolute atomic E-state index is 0.000541. The number of fused-ring (bicyclic) bond motifs is 1. The number of aromatic nitrogens is 3. The largest absolute Gasteiger partial charge is 0.416 e. The van der Waals surface area contributed by atoms with E-state index in [9.17, 15) is 9.59 Å². The van der Waals surface area contributed by atoms with Crippen molar-refractivity contribution in [1.82, 2.24) is 25.9 Å². The van der Waals surface area contributed by atoms with Gasteiger partial charge in [-0.05, 0) is 54.2 Å². The predicted octanol–water partition coefficient (Wildman–Crippen LogP) is 4.46. The van der Waals surface area contributed by atoms with E-state index in [1.54, 1.807) is 19.9 Å². The number of nitrogens with one attached hydrogen (secondary N) is 2. The van der Waals surface area contributed by atoms with E-state index in [2.05, 4.69) is 25.9 Å². The van der Waals surface area contributed by atoms with Gasteiger partial charge in [0.2, 0.25) is 11.7 Å². The summed E-state index contributed by atoms with van der Waals surface area (Å²) in [7, 11) is 0. The predicted molar refractivity (Wildman–Crippen MR) is 138 cm³/mol. The van der Waals surface area contributed by atoms with Gasteiger partial charge in [-0.3, -0.25) is 4.79 Å². The Morgan fingerprint density at radius 1 is 1.12 bits per heavy atom. The van der Waals surface area contributed by atoms with Crippen molar-refractivity contribution in [2.45, 2.75) is 38.3 Å². The molecule has 2 N–H and O–H groups in total. The zero-order chi connectivity index (χ0) is 28.0. The van der Waals surface area contributed by atoms with Crippen molar-refractivity contribution in [2.75, 3.05) is 13.2 Å². The lowest BCUT2D eigenvalue weighted by molar-refractivity contribution is -0.147. The Morgan fingerprint density at radius 2 is 1.95 bits per heavy atom. The summed E-state index contributed by atoms with van der Waals surface area (Å²) in [6.45, 7) is 3.32. The average molecular weight is 568 g/mol. The number of ether oxygens (including phenoxy) is 2. The Labute approximate surface area is 232 Å². The number of carbonyl (C=O) groups excluding carboxylic acids is 2. The summed E-state index contributed by atoms with van der Waals surface area (Å²) in [5.41, 5.74) is 2.63. The van der Waals surface area contributed by atoms with Crippen LogP contribution in [0, 0.1) is 19.7 Å². The molecule has 0 bridgehead atoms. The third-order valence-corrected chi connectivity index (χ3v) is 7.13. The Hall–Kier alpha value is -4.29. The quantitative estimate of drug-likeness (QED) is 0.345. The SMILES string of the molecule is Cc1cc(OC(=O)NC2(C(=O)N[C@H]3CCc4cc(-c5cc(Cl)cc(F)c5-c5noc(C)n5)ccc43)COC2)on1. The number of benzene rings is 2. The van der Waals surface area contributed by atoms with Crippen LogP contribution in [0.25, 0.3) is 22.5 Å². The van der Waals surface area contributed by atoms with E-state index in [4.69, 9.17) is 30.1 Å². The first-order chi connectivity index (χ1) is 19.2. The third-order valence-electron chi connectivity index (χ3n) is 6.92. The van der Waals surface area contributed by atoms with Crippen LogP contribution >= 0.6 is 11.6 Å². The summed E-state index contributed by atoms with van der Waals surface area (Å²) in [5.74, 6) is -0.592. The number of rotatable bonds is 6. The van der Waals surface area contributed by atoms with E-state index in [1.807, 2.05) is 18.2 Å². The van der Waals surface area contributed by atoms with Gasteiger partial charge in [0.25, 0.3) is 5.91 Å². The van der Waals surface area contributed by atoms with Crippen LogP contribution in [0.15, 0.2) is 45.4 Å². The van der Waals surface area contributed by atoms with Gasteiger partial charge in [-0.15, -0.1) is 0 Å². The van der Waals surface area contributed by atoms with Crippen LogP contribution < -0.4 is 15.4 Å². The van der Waals surface area contributed by atoms with Gasteiger partial charge < -0.3 is 29.2 Å². The highest BCUT2D eigenvalue weighted by Crippen LogP contribution is 2.39.